The second-order valence-corrected chi connectivity index (χ2v) is 4.40. The van der Waals surface area contributed by atoms with Gasteiger partial charge >= 0.3 is 5.97 Å². The molecule has 0 saturated carbocycles. The lowest BCUT2D eigenvalue weighted by Gasteiger charge is -2.03. The summed E-state index contributed by atoms with van der Waals surface area (Å²) < 4.78 is 7.09. The highest BCUT2D eigenvalue weighted by Gasteiger charge is 2.13. The fourth-order valence-corrected chi connectivity index (χ4v) is 1.92. The molecule has 2 aromatic rings. The molecule has 6 heteroatoms. The van der Waals surface area contributed by atoms with Gasteiger partial charge in [-0.1, -0.05) is 0 Å². The number of carbonyl (C=O) groups is 1. The first kappa shape index (κ1) is 13.4. The number of aromatic carboxylic acids is 1. The molecule has 0 atom stereocenters. The van der Waals surface area contributed by atoms with Crippen LogP contribution in [0.3, 0.4) is 0 Å². The Labute approximate surface area is 111 Å². The van der Waals surface area contributed by atoms with E-state index in [-0.39, 0.29) is 5.76 Å². The predicted octanol–water partition coefficient (Wildman–Crippen LogP) is 1.35. The van der Waals surface area contributed by atoms with Crippen molar-refractivity contribution >= 4 is 5.97 Å². The van der Waals surface area contributed by atoms with Crippen LogP contribution < -0.4 is 5.32 Å². The van der Waals surface area contributed by atoms with Crippen LogP contribution in [0.1, 0.15) is 27.6 Å². The molecule has 0 saturated heterocycles. The van der Waals surface area contributed by atoms with Gasteiger partial charge in [0.15, 0.2) is 0 Å². The van der Waals surface area contributed by atoms with Crippen molar-refractivity contribution in [3.05, 3.63) is 41.1 Å². The molecule has 0 amide bonds. The van der Waals surface area contributed by atoms with E-state index in [9.17, 15) is 4.79 Å². The Bertz CT molecular complexity index is 571. The van der Waals surface area contributed by atoms with E-state index in [1.165, 1.54) is 0 Å². The number of carboxylic acid groups (broad SMARTS) is 1. The summed E-state index contributed by atoms with van der Waals surface area (Å²) in [5.41, 5.74) is 1.80. The van der Waals surface area contributed by atoms with Crippen LogP contribution >= 0.6 is 0 Å². The van der Waals surface area contributed by atoms with Gasteiger partial charge in [-0.25, -0.2) is 4.79 Å². The molecule has 0 aliphatic heterocycles. The number of carboxylic acids is 1. The first-order chi connectivity index (χ1) is 9.08. The first-order valence-corrected chi connectivity index (χ1v) is 6.08. The summed E-state index contributed by atoms with van der Waals surface area (Å²) in [5.74, 6) is -0.373. The third kappa shape index (κ3) is 3.23. The third-order valence-corrected chi connectivity index (χ3v) is 2.94. The lowest BCUT2D eigenvalue weighted by atomic mass is 10.2. The number of hydrogen-bond acceptors (Lipinski definition) is 4. The Hall–Kier alpha value is -2.08. The molecule has 6 nitrogen and oxygen atoms in total. The highest BCUT2D eigenvalue weighted by Crippen LogP contribution is 2.14. The average molecular weight is 263 g/mol. The lowest BCUT2D eigenvalue weighted by Crippen LogP contribution is -2.17. The van der Waals surface area contributed by atoms with E-state index in [1.54, 1.807) is 19.2 Å². The second-order valence-electron chi connectivity index (χ2n) is 4.40. The number of furan rings is 1. The van der Waals surface area contributed by atoms with Crippen molar-refractivity contribution in [3.8, 4) is 0 Å². The smallest absolute Gasteiger partial charge is 0.372 e. The molecule has 2 heterocycles. The van der Waals surface area contributed by atoms with Gasteiger partial charge in [0.25, 0.3) is 0 Å². The van der Waals surface area contributed by atoms with E-state index in [0.29, 0.717) is 17.9 Å². The topological polar surface area (TPSA) is 80.3 Å². The van der Waals surface area contributed by atoms with Crippen LogP contribution in [0.25, 0.3) is 0 Å². The summed E-state index contributed by atoms with van der Waals surface area (Å²) in [6.45, 7) is 3.03. The highest BCUT2D eigenvalue weighted by atomic mass is 16.4. The normalized spacial score (nSPS) is 10.8. The Morgan fingerprint density at radius 3 is 2.95 bits per heavy atom. The monoisotopic (exact) mass is 263 g/mol. The van der Waals surface area contributed by atoms with Gasteiger partial charge in [-0.15, -0.1) is 0 Å². The van der Waals surface area contributed by atoms with Crippen molar-refractivity contribution in [3.63, 3.8) is 0 Å². The van der Waals surface area contributed by atoms with Crippen molar-refractivity contribution in [2.75, 3.05) is 6.54 Å². The highest BCUT2D eigenvalue weighted by molar-refractivity contribution is 5.86. The molecule has 19 heavy (non-hydrogen) atoms. The zero-order valence-corrected chi connectivity index (χ0v) is 11.0. The Kier molecular flexibility index (Phi) is 4.01. The summed E-state index contributed by atoms with van der Waals surface area (Å²) in [6.07, 6.45) is 2.63. The van der Waals surface area contributed by atoms with Crippen LogP contribution in [0.2, 0.25) is 0 Å². The summed E-state index contributed by atoms with van der Waals surface area (Å²) in [4.78, 5) is 10.8. The van der Waals surface area contributed by atoms with Gasteiger partial charge in [0.2, 0.25) is 5.76 Å². The molecule has 0 aromatic carbocycles. The van der Waals surface area contributed by atoms with Gasteiger partial charge < -0.3 is 14.8 Å². The number of nitrogens with one attached hydrogen (secondary N) is 1. The minimum absolute atomic E-state index is 0.0171. The second kappa shape index (κ2) is 5.71. The molecule has 0 unspecified atom stereocenters. The molecule has 2 N–H and O–H groups in total. The van der Waals surface area contributed by atoms with E-state index in [2.05, 4.69) is 10.4 Å². The van der Waals surface area contributed by atoms with Gasteiger partial charge in [-0.3, -0.25) is 4.68 Å². The number of aromatic nitrogens is 2. The standard InChI is InChI=1S/C13H17N3O3/c1-9-7-11(19-12(9)13(17)18)8-14-5-3-10-4-6-15-16(10)2/h4,6-7,14H,3,5,8H2,1-2H3,(H,17,18). The maximum absolute atomic E-state index is 10.8. The number of aryl methyl sites for hydroxylation is 2. The quantitative estimate of drug-likeness (QED) is 0.769. The van der Waals surface area contributed by atoms with Gasteiger partial charge in [-0.05, 0) is 19.1 Å². The summed E-state index contributed by atoms with van der Waals surface area (Å²) in [6, 6.07) is 3.72. The fraction of sp³-hybridized carbons (Fsp3) is 0.385. The van der Waals surface area contributed by atoms with E-state index in [4.69, 9.17) is 9.52 Å². The van der Waals surface area contributed by atoms with Crippen LogP contribution in [0, 0.1) is 6.92 Å². The maximum Gasteiger partial charge on any atom is 0.372 e. The molecular weight excluding hydrogens is 246 g/mol. The molecule has 102 valence electrons. The van der Waals surface area contributed by atoms with Gasteiger partial charge in [0, 0.05) is 37.5 Å². The summed E-state index contributed by atoms with van der Waals surface area (Å²) in [7, 11) is 1.91. The zero-order valence-electron chi connectivity index (χ0n) is 11.0. The van der Waals surface area contributed by atoms with E-state index < -0.39 is 5.97 Å². The van der Waals surface area contributed by atoms with Crippen LogP contribution in [0.5, 0.6) is 0 Å². The molecule has 0 aliphatic carbocycles. The minimum Gasteiger partial charge on any atom is -0.475 e. The fourth-order valence-electron chi connectivity index (χ4n) is 1.92. The van der Waals surface area contributed by atoms with E-state index in [1.807, 2.05) is 17.8 Å². The third-order valence-electron chi connectivity index (χ3n) is 2.94. The van der Waals surface area contributed by atoms with Crippen molar-refractivity contribution in [2.45, 2.75) is 19.9 Å². The predicted molar refractivity (Wildman–Crippen MR) is 69.0 cm³/mol. The first-order valence-electron chi connectivity index (χ1n) is 6.08. The molecule has 2 aromatic heterocycles. The number of hydrogen-bond donors (Lipinski definition) is 2. The van der Waals surface area contributed by atoms with Crippen molar-refractivity contribution in [1.82, 2.24) is 15.1 Å². The average Bonchev–Trinajstić information content (AvgIpc) is 2.91. The van der Waals surface area contributed by atoms with Gasteiger partial charge in [-0.2, -0.15) is 5.10 Å². The van der Waals surface area contributed by atoms with Gasteiger partial charge in [0.05, 0.1) is 6.54 Å². The SMILES string of the molecule is Cc1cc(CNCCc2ccnn2C)oc1C(=O)O. The Morgan fingerprint density at radius 1 is 1.58 bits per heavy atom. The number of nitrogens with zero attached hydrogens (tertiary/aromatic N) is 2. The molecular formula is C13H17N3O3. The molecule has 0 fully saturated rings. The van der Waals surface area contributed by atoms with Gasteiger partial charge in [0.1, 0.15) is 5.76 Å². The minimum atomic E-state index is -1.03. The maximum atomic E-state index is 10.8. The largest absolute Gasteiger partial charge is 0.475 e. The molecule has 0 aliphatic rings. The van der Waals surface area contributed by atoms with E-state index >= 15 is 0 Å². The van der Waals surface area contributed by atoms with Crippen LogP contribution in [0.15, 0.2) is 22.7 Å². The van der Waals surface area contributed by atoms with Crippen molar-refractivity contribution < 1.29 is 14.3 Å². The summed E-state index contributed by atoms with van der Waals surface area (Å²) >= 11 is 0. The van der Waals surface area contributed by atoms with E-state index in [0.717, 1.165) is 18.7 Å². The molecule has 0 radical (unpaired) electrons. The molecule has 2 rings (SSSR count). The van der Waals surface area contributed by atoms with Crippen molar-refractivity contribution in [1.29, 1.82) is 0 Å². The summed E-state index contributed by atoms with van der Waals surface area (Å²) in [5, 5.41) is 16.2. The Balaban J connectivity index is 1.81. The van der Waals surface area contributed by atoms with Crippen molar-refractivity contribution in [2.24, 2.45) is 7.05 Å². The number of rotatable bonds is 6. The Morgan fingerprint density at radius 2 is 2.37 bits per heavy atom. The van der Waals surface area contributed by atoms with Crippen LogP contribution in [-0.4, -0.2) is 27.4 Å². The molecule has 0 spiro atoms. The molecule has 0 bridgehead atoms. The van der Waals surface area contributed by atoms with Crippen LogP contribution in [-0.2, 0) is 20.0 Å². The van der Waals surface area contributed by atoms with Crippen LogP contribution in [0.4, 0.5) is 0 Å². The zero-order chi connectivity index (χ0) is 13.8. The lowest BCUT2D eigenvalue weighted by molar-refractivity contribution is 0.0659.